The summed E-state index contributed by atoms with van der Waals surface area (Å²) in [5, 5.41) is 0.561. The Morgan fingerprint density at radius 2 is 1.62 bits per heavy atom. The summed E-state index contributed by atoms with van der Waals surface area (Å²) in [4.78, 5) is 9.51. The summed E-state index contributed by atoms with van der Waals surface area (Å²) in [7, 11) is -3.95. The molecule has 6 nitrogen and oxygen atoms in total. The first-order valence-electron chi connectivity index (χ1n) is 9.96. The van der Waals surface area contributed by atoms with Crippen molar-refractivity contribution < 1.29 is 8.42 Å². The Balaban J connectivity index is 1.84. The summed E-state index contributed by atoms with van der Waals surface area (Å²) < 4.78 is 29.1. The predicted octanol–water partition coefficient (Wildman–Crippen LogP) is 5.01. The molecule has 0 saturated carbocycles. The summed E-state index contributed by atoms with van der Waals surface area (Å²) in [5.74, 6) is 0.0803. The molecule has 32 heavy (non-hydrogen) atoms. The lowest BCUT2D eigenvalue weighted by atomic mass is 10.2. The fraction of sp³-hybridized carbons (Fsp3) is 0.0833. The molecule has 2 aromatic heterocycles. The highest BCUT2D eigenvalue weighted by molar-refractivity contribution is 7.92. The van der Waals surface area contributed by atoms with Gasteiger partial charge < -0.3 is 10.3 Å². The number of nitrogens with zero attached hydrogens (tertiary/aromatic N) is 3. The molecule has 0 spiro atoms. The van der Waals surface area contributed by atoms with Gasteiger partial charge in [0, 0.05) is 5.02 Å². The second kappa shape index (κ2) is 7.62. The van der Waals surface area contributed by atoms with Crippen LogP contribution < -0.4 is 5.73 Å². The smallest absolute Gasteiger partial charge is 0.212 e. The molecule has 5 rings (SSSR count). The molecule has 2 heterocycles. The van der Waals surface area contributed by atoms with E-state index in [1.165, 1.54) is 0 Å². The number of nitrogens with two attached hydrogens (primary N) is 1. The van der Waals surface area contributed by atoms with Crippen LogP contribution >= 0.6 is 11.6 Å². The molecule has 0 unspecified atom stereocenters. The van der Waals surface area contributed by atoms with E-state index < -0.39 is 9.84 Å². The third-order valence-corrected chi connectivity index (χ3v) is 7.58. The Hall–Kier alpha value is -3.42. The van der Waals surface area contributed by atoms with Gasteiger partial charge in [-0.15, -0.1) is 0 Å². The third kappa shape index (κ3) is 3.30. The summed E-state index contributed by atoms with van der Waals surface area (Å²) >= 11 is 6.37. The summed E-state index contributed by atoms with van der Waals surface area (Å²) in [6, 6.07) is 21.4. The lowest BCUT2D eigenvalue weighted by molar-refractivity contribution is 0.596. The van der Waals surface area contributed by atoms with Crippen molar-refractivity contribution in [3.05, 3.63) is 88.9 Å². The molecule has 2 N–H and O–H groups in total. The van der Waals surface area contributed by atoms with Gasteiger partial charge in [-0.05, 0) is 48.4 Å². The van der Waals surface area contributed by atoms with Crippen LogP contribution in [0.1, 0.15) is 11.1 Å². The van der Waals surface area contributed by atoms with E-state index in [2.05, 4.69) is 4.98 Å². The number of nitrogen functional groups attached to an aromatic ring is 1. The van der Waals surface area contributed by atoms with Crippen LogP contribution in [-0.4, -0.2) is 23.0 Å². The quantitative estimate of drug-likeness (QED) is 0.405. The molecule has 3 aromatic carbocycles. The van der Waals surface area contributed by atoms with Gasteiger partial charge in [-0.2, -0.15) is 0 Å². The molecular formula is C24H19ClN4O2S. The van der Waals surface area contributed by atoms with Crippen LogP contribution in [0, 0.1) is 6.92 Å². The van der Waals surface area contributed by atoms with Crippen molar-refractivity contribution in [2.75, 3.05) is 5.73 Å². The number of anilines is 1. The largest absolute Gasteiger partial charge is 0.384 e. The number of aromatic nitrogens is 3. The Kier molecular flexibility index (Phi) is 4.87. The van der Waals surface area contributed by atoms with E-state index in [1.807, 2.05) is 49.4 Å². The van der Waals surface area contributed by atoms with E-state index in [4.69, 9.17) is 22.3 Å². The van der Waals surface area contributed by atoms with Crippen LogP contribution in [0.15, 0.2) is 82.6 Å². The molecule has 5 aromatic rings. The summed E-state index contributed by atoms with van der Waals surface area (Å²) in [6.07, 6.45) is 0. The number of aryl methyl sites for hydroxylation is 1. The Labute approximate surface area is 190 Å². The van der Waals surface area contributed by atoms with Crippen molar-refractivity contribution in [3.8, 4) is 0 Å². The van der Waals surface area contributed by atoms with Crippen LogP contribution in [0.2, 0.25) is 5.02 Å². The first-order chi connectivity index (χ1) is 15.4. The number of hydrogen-bond acceptors (Lipinski definition) is 5. The molecule has 0 aliphatic rings. The molecule has 8 heteroatoms. The molecule has 0 aliphatic carbocycles. The lowest BCUT2D eigenvalue weighted by Gasteiger charge is -2.10. The first kappa shape index (κ1) is 20.5. The van der Waals surface area contributed by atoms with Gasteiger partial charge in [-0.3, -0.25) is 0 Å². The Bertz CT molecular complexity index is 1610. The van der Waals surface area contributed by atoms with Gasteiger partial charge >= 0.3 is 0 Å². The average molecular weight is 463 g/mol. The zero-order valence-corrected chi connectivity index (χ0v) is 18.7. The number of fused-ring (bicyclic) bond motifs is 2. The molecule has 0 fully saturated rings. The molecule has 0 amide bonds. The van der Waals surface area contributed by atoms with Gasteiger partial charge in [0.1, 0.15) is 16.2 Å². The fourth-order valence-electron chi connectivity index (χ4n) is 3.81. The number of rotatable bonds is 4. The van der Waals surface area contributed by atoms with Gasteiger partial charge in [0.15, 0.2) is 5.65 Å². The zero-order valence-electron chi connectivity index (χ0n) is 17.2. The fourth-order valence-corrected chi connectivity index (χ4v) is 5.62. The monoisotopic (exact) mass is 462 g/mol. The van der Waals surface area contributed by atoms with Crippen molar-refractivity contribution >= 4 is 49.5 Å². The third-order valence-electron chi connectivity index (χ3n) is 5.40. The van der Waals surface area contributed by atoms with Crippen LogP contribution in [0.25, 0.3) is 22.2 Å². The van der Waals surface area contributed by atoms with Crippen molar-refractivity contribution in [2.24, 2.45) is 0 Å². The number of halogens is 1. The van der Waals surface area contributed by atoms with Gasteiger partial charge in [0.05, 0.1) is 22.5 Å². The molecule has 0 bridgehead atoms. The van der Waals surface area contributed by atoms with E-state index >= 15 is 0 Å². The van der Waals surface area contributed by atoms with Crippen molar-refractivity contribution in [2.45, 2.75) is 23.3 Å². The van der Waals surface area contributed by atoms with E-state index in [1.54, 1.807) is 34.9 Å². The number of para-hydroxylation sites is 2. The molecule has 160 valence electrons. The standard InChI is InChI=1S/C24H19ClN4O2S/c1-15-7-6-9-17(13-15)32(30,31)22-21-24(28-20-12-5-4-11-19(20)27-21)29(23(22)26)14-16-8-2-3-10-18(16)25/h2-13H,14,26H2,1H3. The van der Waals surface area contributed by atoms with Crippen LogP contribution in [0.4, 0.5) is 5.82 Å². The second-order valence-electron chi connectivity index (χ2n) is 7.60. The van der Waals surface area contributed by atoms with Gasteiger partial charge in [-0.25, -0.2) is 18.4 Å². The lowest BCUT2D eigenvalue weighted by Crippen LogP contribution is -2.09. The van der Waals surface area contributed by atoms with Crippen molar-refractivity contribution in [3.63, 3.8) is 0 Å². The maximum absolute atomic E-state index is 13.7. The van der Waals surface area contributed by atoms with Crippen molar-refractivity contribution in [1.29, 1.82) is 0 Å². The first-order valence-corrected chi connectivity index (χ1v) is 11.8. The van der Waals surface area contributed by atoms with E-state index in [0.717, 1.165) is 11.1 Å². The zero-order chi connectivity index (χ0) is 22.5. The minimum Gasteiger partial charge on any atom is -0.384 e. The van der Waals surface area contributed by atoms with Gasteiger partial charge in [-0.1, -0.05) is 54.1 Å². The molecular weight excluding hydrogens is 444 g/mol. The van der Waals surface area contributed by atoms with Crippen LogP contribution in [-0.2, 0) is 16.4 Å². The maximum atomic E-state index is 13.7. The van der Waals surface area contributed by atoms with Crippen LogP contribution in [0.5, 0.6) is 0 Å². The second-order valence-corrected chi connectivity index (χ2v) is 9.89. The molecule has 0 atom stereocenters. The Morgan fingerprint density at radius 1 is 0.938 bits per heavy atom. The van der Waals surface area contributed by atoms with Crippen molar-refractivity contribution in [1.82, 2.24) is 14.5 Å². The maximum Gasteiger partial charge on any atom is 0.212 e. The molecule has 0 saturated heterocycles. The number of benzene rings is 3. The summed E-state index contributed by atoms with van der Waals surface area (Å²) in [6.45, 7) is 2.11. The number of sulfone groups is 1. The minimum absolute atomic E-state index is 0.0385. The Morgan fingerprint density at radius 3 is 2.34 bits per heavy atom. The van der Waals surface area contributed by atoms with E-state index in [9.17, 15) is 8.42 Å². The summed E-state index contributed by atoms with van der Waals surface area (Å²) in [5.41, 5.74) is 10.0. The average Bonchev–Trinajstić information content (AvgIpc) is 3.04. The molecule has 0 aliphatic heterocycles. The van der Waals surface area contributed by atoms with Crippen LogP contribution in [0.3, 0.4) is 0 Å². The normalized spacial score (nSPS) is 11.9. The highest BCUT2D eigenvalue weighted by Gasteiger charge is 2.30. The minimum atomic E-state index is -3.95. The SMILES string of the molecule is Cc1cccc(S(=O)(=O)c2c(N)n(Cc3ccccc3Cl)c3nc4ccccc4nc23)c1. The topological polar surface area (TPSA) is 90.9 Å². The van der Waals surface area contributed by atoms with E-state index in [-0.39, 0.29) is 27.7 Å². The van der Waals surface area contributed by atoms with E-state index in [0.29, 0.717) is 21.7 Å². The predicted molar refractivity (Wildman–Crippen MR) is 127 cm³/mol. The van der Waals surface area contributed by atoms with Gasteiger partial charge in [0.25, 0.3) is 0 Å². The highest BCUT2D eigenvalue weighted by Crippen LogP contribution is 2.36. The highest BCUT2D eigenvalue weighted by atomic mass is 35.5. The van der Waals surface area contributed by atoms with Gasteiger partial charge in [0.2, 0.25) is 9.84 Å². The number of hydrogen-bond donors (Lipinski definition) is 1. The molecule has 0 radical (unpaired) electrons.